The summed E-state index contributed by atoms with van der Waals surface area (Å²) in [6.07, 6.45) is 0. The second-order valence-electron chi connectivity index (χ2n) is 6.31. The van der Waals surface area contributed by atoms with E-state index in [1.807, 2.05) is 73.3 Å². The first-order valence-corrected chi connectivity index (χ1v) is 8.26. The molecule has 3 rings (SSSR count). The van der Waals surface area contributed by atoms with Crippen molar-refractivity contribution in [2.45, 2.75) is 32.7 Å². The molecule has 0 unspecified atom stereocenters. The van der Waals surface area contributed by atoms with Crippen LogP contribution < -0.4 is 9.80 Å². The van der Waals surface area contributed by atoms with Gasteiger partial charge in [-0.05, 0) is 31.5 Å². The molecule has 0 fully saturated rings. The van der Waals surface area contributed by atoms with E-state index in [0.717, 1.165) is 16.9 Å². The van der Waals surface area contributed by atoms with Crippen molar-refractivity contribution >= 4 is 23.2 Å². The van der Waals surface area contributed by atoms with Gasteiger partial charge >= 0.3 is 0 Å². The first-order valence-electron chi connectivity index (χ1n) is 8.26. The zero-order valence-electron chi connectivity index (χ0n) is 14.3. The number of fused-ring (bicyclic) bond motifs is 1. The third-order valence-electron chi connectivity index (χ3n) is 4.59. The third-order valence-corrected chi connectivity index (χ3v) is 4.59. The summed E-state index contributed by atoms with van der Waals surface area (Å²) in [5.74, 6) is -0.169. The normalized spacial score (nSPS) is 18.0. The fourth-order valence-corrected chi connectivity index (χ4v) is 3.38. The van der Waals surface area contributed by atoms with Gasteiger partial charge in [0.2, 0.25) is 11.8 Å². The Morgan fingerprint density at radius 3 is 2.21 bits per heavy atom. The molecule has 2 atom stereocenters. The summed E-state index contributed by atoms with van der Waals surface area (Å²) >= 11 is 0. The van der Waals surface area contributed by atoms with Crippen molar-refractivity contribution in [3.63, 3.8) is 0 Å². The SMILES string of the molecule is CC(=O)N1c2ccccc2N(C(=O)[C@H](C)c2ccccc2)C[C@@H]1C. The molecule has 0 aliphatic carbocycles. The van der Waals surface area contributed by atoms with Crippen LogP contribution in [0, 0.1) is 0 Å². The van der Waals surface area contributed by atoms with Gasteiger partial charge in [-0.3, -0.25) is 9.59 Å². The molecular weight excluding hydrogens is 300 g/mol. The maximum atomic E-state index is 13.1. The molecule has 0 spiro atoms. The van der Waals surface area contributed by atoms with Crippen molar-refractivity contribution in [1.82, 2.24) is 0 Å². The van der Waals surface area contributed by atoms with E-state index in [0.29, 0.717) is 6.54 Å². The lowest BCUT2D eigenvalue weighted by Crippen LogP contribution is -2.52. The summed E-state index contributed by atoms with van der Waals surface area (Å²) in [4.78, 5) is 28.7. The van der Waals surface area contributed by atoms with Crippen molar-refractivity contribution < 1.29 is 9.59 Å². The van der Waals surface area contributed by atoms with E-state index in [9.17, 15) is 9.59 Å². The molecule has 0 saturated carbocycles. The number of benzene rings is 2. The van der Waals surface area contributed by atoms with Crippen LogP contribution in [0.3, 0.4) is 0 Å². The van der Waals surface area contributed by atoms with Crippen molar-refractivity contribution in [3.8, 4) is 0 Å². The van der Waals surface area contributed by atoms with Crippen molar-refractivity contribution in [1.29, 1.82) is 0 Å². The van der Waals surface area contributed by atoms with E-state index in [-0.39, 0.29) is 23.8 Å². The summed E-state index contributed by atoms with van der Waals surface area (Å²) in [7, 11) is 0. The number of rotatable bonds is 2. The Hall–Kier alpha value is -2.62. The standard InChI is InChI=1S/C20H22N2O2/c1-14-13-21(20(24)15(2)17-9-5-4-6-10-17)18-11-7-8-12-19(18)22(14)16(3)23/h4-12,14-15H,13H2,1-3H3/t14-,15+/m0/s1. The summed E-state index contributed by atoms with van der Waals surface area (Å²) in [6, 6.07) is 17.4. The predicted molar refractivity (Wildman–Crippen MR) is 96.3 cm³/mol. The molecule has 2 amide bonds. The number of amides is 2. The zero-order valence-corrected chi connectivity index (χ0v) is 14.3. The Morgan fingerprint density at radius 1 is 1.00 bits per heavy atom. The summed E-state index contributed by atoms with van der Waals surface area (Å²) in [6.45, 7) is 5.98. The summed E-state index contributed by atoms with van der Waals surface area (Å²) in [5, 5.41) is 0. The van der Waals surface area contributed by atoms with E-state index in [4.69, 9.17) is 0 Å². The van der Waals surface area contributed by atoms with Crippen molar-refractivity contribution in [2.24, 2.45) is 0 Å². The van der Waals surface area contributed by atoms with Crippen LogP contribution in [-0.4, -0.2) is 24.4 Å². The molecule has 0 aromatic heterocycles. The molecule has 1 aliphatic heterocycles. The fraction of sp³-hybridized carbons (Fsp3) is 0.300. The van der Waals surface area contributed by atoms with Crippen LogP contribution in [0.4, 0.5) is 11.4 Å². The van der Waals surface area contributed by atoms with Gasteiger partial charge < -0.3 is 9.80 Å². The third kappa shape index (κ3) is 2.80. The maximum absolute atomic E-state index is 13.1. The van der Waals surface area contributed by atoms with Crippen LogP contribution in [0.5, 0.6) is 0 Å². The first-order chi connectivity index (χ1) is 11.5. The van der Waals surface area contributed by atoms with Gasteiger partial charge in [0, 0.05) is 13.5 Å². The number of carbonyl (C=O) groups excluding carboxylic acids is 2. The minimum absolute atomic E-state index is 0.00171. The van der Waals surface area contributed by atoms with Gasteiger partial charge in [0.05, 0.1) is 23.3 Å². The number of anilines is 2. The topological polar surface area (TPSA) is 40.6 Å². The Balaban J connectivity index is 1.98. The molecule has 0 bridgehead atoms. The fourth-order valence-electron chi connectivity index (χ4n) is 3.38. The molecule has 2 aromatic carbocycles. The molecule has 1 aliphatic rings. The molecule has 124 valence electrons. The van der Waals surface area contributed by atoms with E-state index in [2.05, 4.69) is 0 Å². The lowest BCUT2D eigenvalue weighted by molar-refractivity contribution is -0.120. The quantitative estimate of drug-likeness (QED) is 0.848. The molecule has 1 heterocycles. The second kappa shape index (κ2) is 6.48. The van der Waals surface area contributed by atoms with E-state index in [1.54, 1.807) is 11.8 Å². The molecule has 4 nitrogen and oxygen atoms in total. The number of carbonyl (C=O) groups is 2. The number of nitrogens with zero attached hydrogens (tertiary/aromatic N) is 2. The van der Waals surface area contributed by atoms with Gasteiger partial charge in [0.15, 0.2) is 0 Å². The smallest absolute Gasteiger partial charge is 0.234 e. The van der Waals surface area contributed by atoms with Crippen LogP contribution in [0.2, 0.25) is 0 Å². The van der Waals surface area contributed by atoms with Crippen LogP contribution in [-0.2, 0) is 9.59 Å². The van der Waals surface area contributed by atoms with Gasteiger partial charge in [-0.15, -0.1) is 0 Å². The number of para-hydroxylation sites is 2. The molecule has 0 N–H and O–H groups in total. The number of hydrogen-bond donors (Lipinski definition) is 0. The summed E-state index contributed by atoms with van der Waals surface area (Å²) in [5.41, 5.74) is 2.61. The maximum Gasteiger partial charge on any atom is 0.234 e. The molecule has 4 heteroatoms. The second-order valence-corrected chi connectivity index (χ2v) is 6.31. The molecular formula is C20H22N2O2. The van der Waals surface area contributed by atoms with Gasteiger partial charge in [-0.1, -0.05) is 42.5 Å². The van der Waals surface area contributed by atoms with Crippen molar-refractivity contribution in [2.75, 3.05) is 16.3 Å². The van der Waals surface area contributed by atoms with Crippen LogP contribution in [0.15, 0.2) is 54.6 Å². The lowest BCUT2D eigenvalue weighted by atomic mass is 9.98. The van der Waals surface area contributed by atoms with Gasteiger partial charge in [-0.25, -0.2) is 0 Å². The van der Waals surface area contributed by atoms with Gasteiger partial charge in [0.25, 0.3) is 0 Å². The van der Waals surface area contributed by atoms with Crippen molar-refractivity contribution in [3.05, 3.63) is 60.2 Å². The minimum Gasteiger partial charge on any atom is -0.308 e. The minimum atomic E-state index is -0.227. The molecule has 0 radical (unpaired) electrons. The van der Waals surface area contributed by atoms with E-state index >= 15 is 0 Å². The Labute approximate surface area is 142 Å². The highest BCUT2D eigenvalue weighted by molar-refractivity contribution is 6.05. The highest BCUT2D eigenvalue weighted by Gasteiger charge is 2.34. The van der Waals surface area contributed by atoms with Crippen LogP contribution >= 0.6 is 0 Å². The molecule has 0 saturated heterocycles. The number of hydrogen-bond acceptors (Lipinski definition) is 2. The molecule has 24 heavy (non-hydrogen) atoms. The van der Waals surface area contributed by atoms with Crippen LogP contribution in [0.1, 0.15) is 32.3 Å². The Kier molecular flexibility index (Phi) is 4.38. The Bertz CT molecular complexity index is 757. The molecule has 2 aromatic rings. The first kappa shape index (κ1) is 16.2. The highest BCUT2D eigenvalue weighted by atomic mass is 16.2. The van der Waals surface area contributed by atoms with E-state index < -0.39 is 0 Å². The predicted octanol–water partition coefficient (Wildman–Crippen LogP) is 3.58. The monoisotopic (exact) mass is 322 g/mol. The average molecular weight is 322 g/mol. The Morgan fingerprint density at radius 2 is 1.58 bits per heavy atom. The van der Waals surface area contributed by atoms with Crippen LogP contribution in [0.25, 0.3) is 0 Å². The summed E-state index contributed by atoms with van der Waals surface area (Å²) < 4.78 is 0. The lowest BCUT2D eigenvalue weighted by Gasteiger charge is -2.41. The highest BCUT2D eigenvalue weighted by Crippen LogP contribution is 2.37. The average Bonchev–Trinajstić information content (AvgIpc) is 2.60. The van der Waals surface area contributed by atoms with Gasteiger partial charge in [-0.2, -0.15) is 0 Å². The van der Waals surface area contributed by atoms with E-state index in [1.165, 1.54) is 0 Å². The zero-order chi connectivity index (χ0) is 17.3. The largest absolute Gasteiger partial charge is 0.308 e. The van der Waals surface area contributed by atoms with Gasteiger partial charge in [0.1, 0.15) is 0 Å².